The van der Waals surface area contributed by atoms with Gasteiger partial charge in [-0.1, -0.05) is 6.92 Å². The highest BCUT2D eigenvalue weighted by atomic mass is 16.6. The molecule has 2 rings (SSSR count). The van der Waals surface area contributed by atoms with Crippen molar-refractivity contribution in [3.63, 3.8) is 0 Å². The van der Waals surface area contributed by atoms with E-state index in [0.29, 0.717) is 30.5 Å². The summed E-state index contributed by atoms with van der Waals surface area (Å²) in [6.07, 6.45) is 2.50. The zero-order valence-electron chi connectivity index (χ0n) is 11.9. The highest BCUT2D eigenvalue weighted by Crippen LogP contribution is 2.21. The van der Waals surface area contributed by atoms with Crippen molar-refractivity contribution in [2.24, 2.45) is 7.05 Å². The number of pyridine rings is 1. The molecule has 0 saturated carbocycles. The summed E-state index contributed by atoms with van der Waals surface area (Å²) in [4.78, 5) is 14.8. The van der Waals surface area contributed by atoms with Gasteiger partial charge in [-0.15, -0.1) is 10.2 Å². The highest BCUT2D eigenvalue weighted by Gasteiger charge is 2.11. The Balaban J connectivity index is 2.15. The summed E-state index contributed by atoms with van der Waals surface area (Å²) in [7, 11) is 1.83. The molecule has 9 nitrogen and oxygen atoms in total. The predicted molar refractivity (Wildman–Crippen MR) is 78.0 cm³/mol. The fraction of sp³-hybridized carbons (Fsp3) is 0.417. The van der Waals surface area contributed by atoms with Crippen molar-refractivity contribution in [2.45, 2.75) is 19.9 Å². The van der Waals surface area contributed by atoms with Crippen LogP contribution in [0.25, 0.3) is 0 Å². The number of rotatable bonds is 7. The smallest absolute Gasteiger partial charge is 0.276 e. The molecule has 0 aliphatic rings. The molecule has 0 fully saturated rings. The van der Waals surface area contributed by atoms with Crippen LogP contribution >= 0.6 is 0 Å². The monoisotopic (exact) mass is 291 g/mol. The van der Waals surface area contributed by atoms with E-state index in [1.54, 1.807) is 10.9 Å². The average Bonchev–Trinajstić information content (AvgIpc) is 2.88. The third-order valence-electron chi connectivity index (χ3n) is 2.81. The molecule has 112 valence electrons. The van der Waals surface area contributed by atoms with Crippen LogP contribution in [0, 0.1) is 10.1 Å². The van der Waals surface area contributed by atoms with Crippen molar-refractivity contribution in [2.75, 3.05) is 17.2 Å². The van der Waals surface area contributed by atoms with E-state index >= 15 is 0 Å². The Morgan fingerprint density at radius 3 is 2.62 bits per heavy atom. The van der Waals surface area contributed by atoms with Crippen LogP contribution < -0.4 is 10.6 Å². The molecule has 2 aromatic heterocycles. The van der Waals surface area contributed by atoms with Gasteiger partial charge >= 0.3 is 0 Å². The van der Waals surface area contributed by atoms with Gasteiger partial charge in [0.1, 0.15) is 18.0 Å². The average molecular weight is 291 g/mol. The number of nitrogens with one attached hydrogen (secondary N) is 2. The number of anilines is 2. The van der Waals surface area contributed by atoms with E-state index in [1.165, 1.54) is 12.1 Å². The first-order valence-corrected chi connectivity index (χ1v) is 6.57. The summed E-state index contributed by atoms with van der Waals surface area (Å²) in [5, 5.41) is 24.7. The van der Waals surface area contributed by atoms with Gasteiger partial charge in [0.15, 0.2) is 5.82 Å². The zero-order chi connectivity index (χ0) is 15.2. The van der Waals surface area contributed by atoms with Crippen molar-refractivity contribution in [1.82, 2.24) is 19.7 Å². The molecule has 0 saturated heterocycles. The summed E-state index contributed by atoms with van der Waals surface area (Å²) in [6.45, 7) is 3.10. The van der Waals surface area contributed by atoms with Crippen LogP contribution in [0.15, 0.2) is 18.5 Å². The molecular formula is C12H17N7O2. The van der Waals surface area contributed by atoms with Gasteiger partial charge in [-0.3, -0.25) is 10.1 Å². The second kappa shape index (κ2) is 6.64. The van der Waals surface area contributed by atoms with Crippen LogP contribution in [0.1, 0.15) is 19.2 Å². The summed E-state index contributed by atoms with van der Waals surface area (Å²) in [6, 6.07) is 2.82. The van der Waals surface area contributed by atoms with Crippen LogP contribution in [0.2, 0.25) is 0 Å². The van der Waals surface area contributed by atoms with E-state index in [-0.39, 0.29) is 5.69 Å². The molecule has 9 heteroatoms. The lowest BCUT2D eigenvalue weighted by atomic mass is 10.3. The highest BCUT2D eigenvalue weighted by molar-refractivity contribution is 5.54. The zero-order valence-corrected chi connectivity index (χ0v) is 11.9. The summed E-state index contributed by atoms with van der Waals surface area (Å²) in [5.41, 5.74) is -0.0101. The summed E-state index contributed by atoms with van der Waals surface area (Å²) in [5.74, 6) is 1.61. The van der Waals surface area contributed by atoms with Crippen LogP contribution in [0.5, 0.6) is 0 Å². The fourth-order valence-electron chi connectivity index (χ4n) is 1.69. The van der Waals surface area contributed by atoms with E-state index in [0.717, 1.165) is 6.42 Å². The second-order valence-electron chi connectivity index (χ2n) is 4.49. The quantitative estimate of drug-likeness (QED) is 0.588. The Morgan fingerprint density at radius 2 is 2.05 bits per heavy atom. The molecule has 0 aliphatic carbocycles. The molecule has 0 atom stereocenters. The molecule has 0 radical (unpaired) electrons. The molecular weight excluding hydrogens is 274 g/mol. The predicted octanol–water partition coefficient (Wildman–Crippen LogP) is 1.55. The summed E-state index contributed by atoms with van der Waals surface area (Å²) < 4.78 is 1.76. The first-order chi connectivity index (χ1) is 10.1. The third-order valence-corrected chi connectivity index (χ3v) is 2.81. The van der Waals surface area contributed by atoms with Crippen LogP contribution in [-0.2, 0) is 13.6 Å². The Labute approximate surface area is 121 Å². The largest absolute Gasteiger partial charge is 0.370 e. The normalized spacial score (nSPS) is 10.4. The topological polar surface area (TPSA) is 111 Å². The lowest BCUT2D eigenvalue weighted by Crippen LogP contribution is -2.09. The van der Waals surface area contributed by atoms with Gasteiger partial charge in [0.25, 0.3) is 5.69 Å². The minimum atomic E-state index is -0.438. The molecule has 0 amide bonds. The molecule has 0 aliphatic heterocycles. The van der Waals surface area contributed by atoms with Gasteiger partial charge in [-0.2, -0.15) is 0 Å². The van der Waals surface area contributed by atoms with Gasteiger partial charge in [0, 0.05) is 13.6 Å². The van der Waals surface area contributed by atoms with Gasteiger partial charge in [-0.25, -0.2) is 4.98 Å². The van der Waals surface area contributed by atoms with Gasteiger partial charge < -0.3 is 15.2 Å². The number of nitro groups is 1. The van der Waals surface area contributed by atoms with Crippen molar-refractivity contribution in [3.8, 4) is 0 Å². The Kier molecular flexibility index (Phi) is 4.64. The first-order valence-electron chi connectivity index (χ1n) is 6.57. The number of nitrogens with zero attached hydrogens (tertiary/aromatic N) is 5. The van der Waals surface area contributed by atoms with Crippen molar-refractivity contribution < 1.29 is 4.92 Å². The molecule has 2 aromatic rings. The van der Waals surface area contributed by atoms with E-state index in [9.17, 15) is 10.1 Å². The van der Waals surface area contributed by atoms with Crippen molar-refractivity contribution in [1.29, 1.82) is 0 Å². The standard InChI is InChI=1S/C12H17N7O2/c1-3-4-13-10-5-9(19(20)21)6-11(16-10)14-7-12-17-15-8-18(12)2/h5-6,8H,3-4,7H2,1-2H3,(H2,13,14,16). The molecule has 0 unspecified atom stereocenters. The maximum atomic E-state index is 11.0. The van der Waals surface area contributed by atoms with Gasteiger partial charge in [-0.05, 0) is 6.42 Å². The van der Waals surface area contributed by atoms with E-state index < -0.39 is 4.92 Å². The van der Waals surface area contributed by atoms with E-state index in [1.807, 2.05) is 14.0 Å². The lowest BCUT2D eigenvalue weighted by molar-refractivity contribution is -0.384. The molecule has 2 heterocycles. The minimum Gasteiger partial charge on any atom is -0.370 e. The Morgan fingerprint density at radius 1 is 1.33 bits per heavy atom. The molecule has 2 N–H and O–H groups in total. The SMILES string of the molecule is CCCNc1cc([N+](=O)[O-])cc(NCc2nncn2C)n1. The lowest BCUT2D eigenvalue weighted by Gasteiger charge is -2.08. The Bertz CT molecular complexity index is 626. The molecule has 0 bridgehead atoms. The maximum Gasteiger partial charge on any atom is 0.276 e. The number of hydrogen-bond donors (Lipinski definition) is 2. The molecule has 0 aromatic carbocycles. The van der Waals surface area contributed by atoms with Crippen LogP contribution in [0.3, 0.4) is 0 Å². The van der Waals surface area contributed by atoms with Crippen LogP contribution in [-0.4, -0.2) is 31.2 Å². The second-order valence-corrected chi connectivity index (χ2v) is 4.49. The number of aromatic nitrogens is 4. The minimum absolute atomic E-state index is 0.0101. The van der Waals surface area contributed by atoms with Crippen molar-refractivity contribution in [3.05, 3.63) is 34.4 Å². The van der Waals surface area contributed by atoms with Gasteiger partial charge in [0.2, 0.25) is 0 Å². The third kappa shape index (κ3) is 3.88. The number of hydrogen-bond acceptors (Lipinski definition) is 7. The maximum absolute atomic E-state index is 11.0. The summed E-state index contributed by atoms with van der Waals surface area (Å²) >= 11 is 0. The molecule has 0 spiro atoms. The Hall–Kier alpha value is -2.71. The first kappa shape index (κ1) is 14.7. The van der Waals surface area contributed by atoms with Crippen LogP contribution in [0.4, 0.5) is 17.3 Å². The van der Waals surface area contributed by atoms with E-state index in [2.05, 4.69) is 25.8 Å². The van der Waals surface area contributed by atoms with Crippen molar-refractivity contribution >= 4 is 17.3 Å². The fourth-order valence-corrected chi connectivity index (χ4v) is 1.69. The van der Waals surface area contributed by atoms with Gasteiger partial charge in [0.05, 0.1) is 23.6 Å². The molecule has 21 heavy (non-hydrogen) atoms. The van der Waals surface area contributed by atoms with E-state index in [4.69, 9.17) is 0 Å². The number of aryl methyl sites for hydroxylation is 1.